The molecule has 0 bridgehead atoms. The number of rotatable bonds is 6. The summed E-state index contributed by atoms with van der Waals surface area (Å²) < 4.78 is 0. The van der Waals surface area contributed by atoms with Crippen LogP contribution < -0.4 is 0 Å². The van der Waals surface area contributed by atoms with Crippen LogP contribution in [0.2, 0.25) is 0 Å². The molecule has 0 saturated carbocycles. The van der Waals surface area contributed by atoms with Gasteiger partial charge < -0.3 is 4.90 Å². The Morgan fingerprint density at radius 1 is 1.04 bits per heavy atom. The smallest absolute Gasteiger partial charge is 0.243 e. The van der Waals surface area contributed by atoms with Crippen molar-refractivity contribution in [3.63, 3.8) is 0 Å². The van der Waals surface area contributed by atoms with E-state index in [-0.39, 0.29) is 30.7 Å². The van der Waals surface area contributed by atoms with E-state index < -0.39 is 0 Å². The minimum atomic E-state index is -0.102. The molecule has 1 unspecified atom stereocenters. The Bertz CT molecular complexity index is 818. The summed E-state index contributed by atoms with van der Waals surface area (Å²) in [5.41, 5.74) is 3.04. The molecule has 2 aromatic rings. The molecule has 0 saturated heterocycles. The van der Waals surface area contributed by atoms with Gasteiger partial charge in [0.2, 0.25) is 11.8 Å². The zero-order chi connectivity index (χ0) is 19.2. The highest BCUT2D eigenvalue weighted by molar-refractivity contribution is 6.02. The van der Waals surface area contributed by atoms with E-state index >= 15 is 0 Å². The molecular formula is C22H25N3O2. The molecule has 0 aliphatic carbocycles. The van der Waals surface area contributed by atoms with Gasteiger partial charge >= 0.3 is 0 Å². The van der Waals surface area contributed by atoms with E-state index in [2.05, 4.69) is 5.10 Å². The molecule has 0 radical (unpaired) electrons. The highest BCUT2D eigenvalue weighted by Gasteiger charge is 2.23. The van der Waals surface area contributed by atoms with Crippen LogP contribution in [0.5, 0.6) is 0 Å². The first kappa shape index (κ1) is 18.8. The van der Waals surface area contributed by atoms with Crippen molar-refractivity contribution < 1.29 is 9.59 Å². The summed E-state index contributed by atoms with van der Waals surface area (Å²) in [5.74, 6) is -0.138. The maximum Gasteiger partial charge on any atom is 0.243 e. The van der Waals surface area contributed by atoms with Crippen molar-refractivity contribution in [3.8, 4) is 0 Å². The molecule has 0 spiro atoms. The van der Waals surface area contributed by atoms with Gasteiger partial charge in [0.15, 0.2) is 0 Å². The van der Waals surface area contributed by atoms with Gasteiger partial charge in [0.05, 0.1) is 18.3 Å². The lowest BCUT2D eigenvalue weighted by Crippen LogP contribution is -2.31. The third-order valence-corrected chi connectivity index (χ3v) is 5.01. The summed E-state index contributed by atoms with van der Waals surface area (Å²) in [4.78, 5) is 26.6. The SMILES string of the molecule is CC(c1ccccc1)N(C)C(=O)CCC(=O)N1CCC(c2ccccc2)=N1. The third-order valence-electron chi connectivity index (χ3n) is 5.01. The van der Waals surface area contributed by atoms with Crippen molar-refractivity contribution in [3.05, 3.63) is 71.8 Å². The van der Waals surface area contributed by atoms with Crippen LogP contribution in [-0.4, -0.2) is 41.0 Å². The van der Waals surface area contributed by atoms with Crippen molar-refractivity contribution in [2.75, 3.05) is 13.6 Å². The van der Waals surface area contributed by atoms with E-state index in [1.165, 1.54) is 5.01 Å². The summed E-state index contributed by atoms with van der Waals surface area (Å²) >= 11 is 0. The standard InChI is InChI=1S/C22H25N3O2/c1-17(18-9-5-3-6-10-18)24(2)21(26)13-14-22(27)25-16-15-20(23-25)19-11-7-4-8-12-19/h3-12,17H,13-16H2,1-2H3. The lowest BCUT2D eigenvalue weighted by Gasteiger charge is -2.25. The molecule has 0 N–H and O–H groups in total. The summed E-state index contributed by atoms with van der Waals surface area (Å²) in [5, 5.41) is 5.94. The average Bonchev–Trinajstić information content (AvgIpc) is 3.22. The zero-order valence-electron chi connectivity index (χ0n) is 15.8. The number of hydrazone groups is 1. The van der Waals surface area contributed by atoms with Crippen LogP contribution in [0, 0.1) is 0 Å². The summed E-state index contributed by atoms with van der Waals surface area (Å²) in [6.45, 7) is 2.57. The zero-order valence-corrected chi connectivity index (χ0v) is 15.8. The second-order valence-electron chi connectivity index (χ2n) is 6.77. The predicted octanol–water partition coefficient (Wildman–Crippen LogP) is 3.62. The Balaban J connectivity index is 1.53. The van der Waals surface area contributed by atoms with Gasteiger partial charge in [-0.1, -0.05) is 60.7 Å². The molecule has 1 aliphatic rings. The number of carbonyl (C=O) groups excluding carboxylic acids is 2. The van der Waals surface area contributed by atoms with Crippen LogP contribution in [0.25, 0.3) is 0 Å². The number of carbonyl (C=O) groups is 2. The second-order valence-corrected chi connectivity index (χ2v) is 6.77. The highest BCUT2D eigenvalue weighted by Crippen LogP contribution is 2.20. The van der Waals surface area contributed by atoms with Gasteiger partial charge in [0.25, 0.3) is 0 Å². The van der Waals surface area contributed by atoms with Crippen molar-refractivity contribution in [2.24, 2.45) is 5.10 Å². The molecule has 0 fully saturated rings. The largest absolute Gasteiger partial charge is 0.339 e. The highest BCUT2D eigenvalue weighted by atomic mass is 16.2. The fourth-order valence-electron chi connectivity index (χ4n) is 3.16. The monoisotopic (exact) mass is 363 g/mol. The molecule has 1 aliphatic heterocycles. The number of amides is 2. The quantitative estimate of drug-likeness (QED) is 0.787. The van der Waals surface area contributed by atoms with Gasteiger partial charge in [0.1, 0.15) is 0 Å². The van der Waals surface area contributed by atoms with Crippen LogP contribution >= 0.6 is 0 Å². The van der Waals surface area contributed by atoms with Crippen molar-refractivity contribution in [1.82, 2.24) is 9.91 Å². The molecule has 5 nitrogen and oxygen atoms in total. The van der Waals surface area contributed by atoms with E-state index in [9.17, 15) is 9.59 Å². The van der Waals surface area contributed by atoms with Crippen LogP contribution in [0.3, 0.4) is 0 Å². The van der Waals surface area contributed by atoms with Crippen LogP contribution in [0.1, 0.15) is 43.4 Å². The number of hydrogen-bond donors (Lipinski definition) is 0. The first-order valence-electron chi connectivity index (χ1n) is 9.30. The molecule has 140 valence electrons. The maximum absolute atomic E-state index is 12.5. The minimum absolute atomic E-state index is 0.0247. The molecule has 3 rings (SSSR count). The Kier molecular flexibility index (Phi) is 6.01. The Labute approximate surface area is 160 Å². The number of hydrogen-bond acceptors (Lipinski definition) is 3. The third kappa shape index (κ3) is 4.61. The second kappa shape index (κ2) is 8.62. The Morgan fingerprint density at radius 2 is 1.67 bits per heavy atom. The lowest BCUT2D eigenvalue weighted by molar-refractivity contribution is -0.137. The minimum Gasteiger partial charge on any atom is -0.339 e. The molecule has 27 heavy (non-hydrogen) atoms. The molecule has 2 aromatic carbocycles. The van der Waals surface area contributed by atoms with Crippen LogP contribution in [0.15, 0.2) is 65.8 Å². The van der Waals surface area contributed by atoms with E-state index in [0.717, 1.165) is 23.3 Å². The van der Waals surface area contributed by atoms with E-state index in [4.69, 9.17) is 0 Å². The summed E-state index contributed by atoms with van der Waals surface area (Å²) in [6.07, 6.45) is 1.12. The predicted molar refractivity (Wildman–Crippen MR) is 106 cm³/mol. The van der Waals surface area contributed by atoms with Crippen LogP contribution in [-0.2, 0) is 9.59 Å². The fourth-order valence-corrected chi connectivity index (χ4v) is 3.16. The van der Waals surface area contributed by atoms with Gasteiger partial charge in [-0.15, -0.1) is 0 Å². The van der Waals surface area contributed by atoms with Crippen molar-refractivity contribution >= 4 is 17.5 Å². The maximum atomic E-state index is 12.5. The molecule has 0 aromatic heterocycles. The average molecular weight is 363 g/mol. The van der Waals surface area contributed by atoms with Crippen molar-refractivity contribution in [2.45, 2.75) is 32.2 Å². The van der Waals surface area contributed by atoms with Gasteiger partial charge in [-0.05, 0) is 18.1 Å². The topological polar surface area (TPSA) is 53.0 Å². The van der Waals surface area contributed by atoms with Crippen LogP contribution in [0.4, 0.5) is 0 Å². The normalized spacial score (nSPS) is 14.6. The van der Waals surface area contributed by atoms with Crippen molar-refractivity contribution in [1.29, 1.82) is 0 Å². The Hall–Kier alpha value is -2.95. The van der Waals surface area contributed by atoms with E-state index in [0.29, 0.717) is 6.54 Å². The molecule has 1 atom stereocenters. The summed E-state index contributed by atoms with van der Waals surface area (Å²) in [6, 6.07) is 19.7. The lowest BCUT2D eigenvalue weighted by atomic mass is 10.1. The van der Waals surface area contributed by atoms with Gasteiger partial charge in [-0.25, -0.2) is 5.01 Å². The number of nitrogens with zero attached hydrogens (tertiary/aromatic N) is 3. The number of benzene rings is 2. The van der Waals surface area contributed by atoms with Gasteiger partial charge in [-0.2, -0.15) is 5.10 Å². The summed E-state index contributed by atoms with van der Waals surface area (Å²) in [7, 11) is 1.78. The first-order valence-corrected chi connectivity index (χ1v) is 9.30. The van der Waals surface area contributed by atoms with E-state index in [1.807, 2.05) is 67.6 Å². The van der Waals surface area contributed by atoms with Gasteiger partial charge in [0, 0.05) is 26.3 Å². The Morgan fingerprint density at radius 3 is 2.33 bits per heavy atom. The first-order chi connectivity index (χ1) is 13.1. The van der Waals surface area contributed by atoms with E-state index in [1.54, 1.807) is 11.9 Å². The van der Waals surface area contributed by atoms with Gasteiger partial charge in [-0.3, -0.25) is 9.59 Å². The fraction of sp³-hybridized carbons (Fsp3) is 0.318. The molecule has 2 amide bonds. The molecule has 5 heteroatoms. The molecular weight excluding hydrogens is 338 g/mol. The molecule has 1 heterocycles.